The molecule has 0 saturated heterocycles. The van der Waals surface area contributed by atoms with Gasteiger partial charge in [-0.2, -0.15) is 0 Å². The number of hydrogen-bond donors (Lipinski definition) is 0. The van der Waals surface area contributed by atoms with Crippen molar-refractivity contribution in [2.45, 2.75) is 27.2 Å². The van der Waals surface area contributed by atoms with Crippen LogP contribution in [0.15, 0.2) is 48.5 Å². The summed E-state index contributed by atoms with van der Waals surface area (Å²) in [5.74, 6) is 2.40. The molecule has 1 atom stereocenters. The fraction of sp³-hybridized carbons (Fsp3) is 0.538. The second-order valence-electron chi connectivity index (χ2n) is 9.80. The first kappa shape index (κ1) is 24.2. The lowest BCUT2D eigenvalue weighted by molar-refractivity contribution is 0.140. The van der Waals surface area contributed by atoms with Gasteiger partial charge in [-0.1, -0.05) is 51.1 Å². The predicted octanol–water partition coefficient (Wildman–Crippen LogP) is 4.82. The van der Waals surface area contributed by atoms with Crippen molar-refractivity contribution in [1.29, 1.82) is 0 Å². The highest BCUT2D eigenvalue weighted by Crippen LogP contribution is 2.25. The zero-order chi connectivity index (χ0) is 22.1. The summed E-state index contributed by atoms with van der Waals surface area (Å²) < 4.78 is 12.2. The van der Waals surface area contributed by atoms with Gasteiger partial charge in [-0.3, -0.25) is 0 Å². The molecule has 30 heavy (non-hydrogen) atoms. The van der Waals surface area contributed by atoms with Crippen molar-refractivity contribution in [2.24, 2.45) is 11.3 Å². The van der Waals surface area contributed by atoms with Crippen LogP contribution in [0.4, 0.5) is 0 Å². The van der Waals surface area contributed by atoms with E-state index in [9.17, 15) is 0 Å². The van der Waals surface area contributed by atoms with Crippen molar-refractivity contribution in [3.05, 3.63) is 59.7 Å². The normalized spacial score (nSPS) is 13.0. The van der Waals surface area contributed by atoms with E-state index >= 15 is 0 Å². The third-order valence-electron chi connectivity index (χ3n) is 4.86. The van der Waals surface area contributed by atoms with Crippen LogP contribution in [0.3, 0.4) is 0 Å². The van der Waals surface area contributed by atoms with Crippen molar-refractivity contribution in [3.8, 4) is 11.5 Å². The first-order valence-corrected chi connectivity index (χ1v) is 10.9. The van der Waals surface area contributed by atoms with E-state index in [-0.39, 0.29) is 5.41 Å². The lowest BCUT2D eigenvalue weighted by Crippen LogP contribution is -2.33. The smallest absolute Gasteiger partial charge is 0.122 e. The van der Waals surface area contributed by atoms with E-state index in [1.807, 2.05) is 6.07 Å². The van der Waals surface area contributed by atoms with Crippen LogP contribution in [0.25, 0.3) is 0 Å². The molecule has 0 aliphatic heterocycles. The molecular formula is C26H40N2O2. The third kappa shape index (κ3) is 8.76. The van der Waals surface area contributed by atoms with Crippen LogP contribution >= 0.6 is 0 Å². The average molecular weight is 413 g/mol. The minimum Gasteiger partial charge on any atom is -0.493 e. The topological polar surface area (TPSA) is 24.9 Å². The van der Waals surface area contributed by atoms with E-state index in [0.717, 1.165) is 37.6 Å². The summed E-state index contributed by atoms with van der Waals surface area (Å²) in [6.07, 6.45) is 0.849. The molecule has 2 rings (SSSR count). The van der Waals surface area contributed by atoms with Gasteiger partial charge in [0.2, 0.25) is 0 Å². The molecule has 166 valence electrons. The molecule has 4 nitrogen and oxygen atoms in total. The Kier molecular flexibility index (Phi) is 9.19. The number of benzene rings is 2. The fourth-order valence-electron chi connectivity index (χ4n) is 3.80. The molecule has 2 aromatic carbocycles. The minimum atomic E-state index is 0.0965. The van der Waals surface area contributed by atoms with Crippen molar-refractivity contribution in [2.75, 3.05) is 54.5 Å². The van der Waals surface area contributed by atoms with Crippen molar-refractivity contribution < 1.29 is 9.47 Å². The summed E-state index contributed by atoms with van der Waals surface area (Å²) >= 11 is 0. The van der Waals surface area contributed by atoms with Gasteiger partial charge in [0, 0.05) is 30.8 Å². The Balaban J connectivity index is 1.95. The highest BCUT2D eigenvalue weighted by atomic mass is 16.5. The van der Waals surface area contributed by atoms with Gasteiger partial charge in [0.15, 0.2) is 0 Å². The number of rotatable bonds is 12. The quantitative estimate of drug-likeness (QED) is 0.499. The van der Waals surface area contributed by atoms with E-state index in [2.05, 4.69) is 101 Å². The lowest BCUT2D eigenvalue weighted by Gasteiger charge is -2.28. The lowest BCUT2D eigenvalue weighted by atomic mass is 9.94. The molecule has 0 spiro atoms. The van der Waals surface area contributed by atoms with Crippen LogP contribution in [0, 0.1) is 11.3 Å². The Hall–Kier alpha value is -2.04. The zero-order valence-corrected chi connectivity index (χ0v) is 19.9. The second kappa shape index (κ2) is 11.4. The summed E-state index contributed by atoms with van der Waals surface area (Å²) in [6, 6.07) is 16.8. The van der Waals surface area contributed by atoms with Gasteiger partial charge >= 0.3 is 0 Å². The molecule has 0 saturated carbocycles. The molecular weight excluding hydrogens is 372 g/mol. The molecule has 2 aromatic rings. The van der Waals surface area contributed by atoms with Crippen LogP contribution in [0.1, 0.15) is 31.9 Å². The van der Waals surface area contributed by atoms with Gasteiger partial charge < -0.3 is 19.3 Å². The Bertz CT molecular complexity index is 754. The Morgan fingerprint density at radius 2 is 1.53 bits per heavy atom. The van der Waals surface area contributed by atoms with Gasteiger partial charge in [-0.25, -0.2) is 0 Å². The van der Waals surface area contributed by atoms with Crippen LogP contribution in [-0.4, -0.2) is 64.3 Å². The SMILES string of the molecule is CC(COc1ccc(Cc2ccccc2OCC(C)(C)CN(C)C)cc1)CN(C)C. The molecule has 0 amide bonds. The Morgan fingerprint density at radius 1 is 0.867 bits per heavy atom. The molecule has 0 bridgehead atoms. The largest absolute Gasteiger partial charge is 0.493 e. The summed E-state index contributed by atoms with van der Waals surface area (Å²) in [5, 5.41) is 0. The highest BCUT2D eigenvalue weighted by molar-refractivity contribution is 5.39. The van der Waals surface area contributed by atoms with Crippen LogP contribution < -0.4 is 9.47 Å². The molecule has 1 unspecified atom stereocenters. The zero-order valence-electron chi connectivity index (χ0n) is 19.9. The van der Waals surface area contributed by atoms with Gasteiger partial charge in [0.25, 0.3) is 0 Å². The van der Waals surface area contributed by atoms with Gasteiger partial charge in [-0.15, -0.1) is 0 Å². The average Bonchev–Trinajstić information content (AvgIpc) is 2.65. The molecule has 0 radical (unpaired) electrons. The molecule has 0 N–H and O–H groups in total. The first-order valence-electron chi connectivity index (χ1n) is 10.9. The van der Waals surface area contributed by atoms with Gasteiger partial charge in [0.05, 0.1) is 13.2 Å². The summed E-state index contributed by atoms with van der Waals surface area (Å²) in [5.41, 5.74) is 2.57. The highest BCUT2D eigenvalue weighted by Gasteiger charge is 2.20. The van der Waals surface area contributed by atoms with Crippen molar-refractivity contribution in [3.63, 3.8) is 0 Å². The number of para-hydroxylation sites is 1. The Labute approximate surface area is 183 Å². The number of ether oxygens (including phenoxy) is 2. The van der Waals surface area contributed by atoms with Crippen molar-refractivity contribution in [1.82, 2.24) is 9.80 Å². The van der Waals surface area contributed by atoms with E-state index in [1.54, 1.807) is 0 Å². The molecule has 0 fully saturated rings. The maximum Gasteiger partial charge on any atom is 0.122 e. The van der Waals surface area contributed by atoms with E-state index in [0.29, 0.717) is 12.5 Å². The van der Waals surface area contributed by atoms with Gasteiger partial charge in [-0.05, 0) is 57.5 Å². The predicted molar refractivity (Wildman–Crippen MR) is 127 cm³/mol. The molecule has 4 heteroatoms. The van der Waals surface area contributed by atoms with E-state index in [1.165, 1.54) is 11.1 Å². The minimum absolute atomic E-state index is 0.0965. The van der Waals surface area contributed by atoms with E-state index < -0.39 is 0 Å². The second-order valence-corrected chi connectivity index (χ2v) is 9.80. The maximum atomic E-state index is 6.24. The van der Waals surface area contributed by atoms with Crippen molar-refractivity contribution >= 4 is 0 Å². The maximum absolute atomic E-state index is 6.24. The Morgan fingerprint density at radius 3 is 2.17 bits per heavy atom. The number of nitrogens with zero attached hydrogens (tertiary/aromatic N) is 2. The summed E-state index contributed by atoms with van der Waals surface area (Å²) in [7, 11) is 8.39. The van der Waals surface area contributed by atoms with Crippen LogP contribution in [-0.2, 0) is 6.42 Å². The molecule has 0 aliphatic carbocycles. The monoisotopic (exact) mass is 412 g/mol. The van der Waals surface area contributed by atoms with Gasteiger partial charge in [0.1, 0.15) is 11.5 Å². The molecule has 0 aliphatic rings. The molecule has 0 aromatic heterocycles. The molecule has 0 heterocycles. The first-order chi connectivity index (χ1) is 14.1. The summed E-state index contributed by atoms with van der Waals surface area (Å²) in [6.45, 7) is 10.1. The fourth-order valence-corrected chi connectivity index (χ4v) is 3.80. The standard InChI is InChI=1S/C26H40N2O2/c1-21(17-27(4)5)18-29-24-14-12-22(13-15-24)16-23-10-8-9-11-25(23)30-20-26(2,3)19-28(6)7/h8-15,21H,16-20H2,1-7H3. The third-order valence-corrected chi connectivity index (χ3v) is 4.86. The van der Waals surface area contributed by atoms with E-state index in [4.69, 9.17) is 9.47 Å². The summed E-state index contributed by atoms with van der Waals surface area (Å²) in [4.78, 5) is 4.40. The van der Waals surface area contributed by atoms with Crippen LogP contribution in [0.5, 0.6) is 11.5 Å². The number of hydrogen-bond acceptors (Lipinski definition) is 4. The van der Waals surface area contributed by atoms with Crippen LogP contribution in [0.2, 0.25) is 0 Å².